The van der Waals surface area contributed by atoms with E-state index in [0.29, 0.717) is 5.92 Å². The van der Waals surface area contributed by atoms with E-state index >= 15 is 0 Å². The number of ether oxygens (including phenoxy) is 1. The molecule has 0 aromatic rings. The zero-order valence-corrected chi connectivity index (χ0v) is 9.53. The summed E-state index contributed by atoms with van der Waals surface area (Å²) in [6.07, 6.45) is 3.62. The fraction of sp³-hybridized carbons (Fsp3) is 1.00. The summed E-state index contributed by atoms with van der Waals surface area (Å²) in [5.74, 6) is 3.25. The molecule has 1 aliphatic heterocycles. The summed E-state index contributed by atoms with van der Waals surface area (Å²) in [7, 11) is 1.81. The molecule has 0 radical (unpaired) electrons. The summed E-state index contributed by atoms with van der Waals surface area (Å²) >= 11 is 2.05. The summed E-state index contributed by atoms with van der Waals surface area (Å²) < 4.78 is 5.62. The largest absolute Gasteiger partial charge is 0.378 e. The van der Waals surface area contributed by atoms with Gasteiger partial charge in [-0.1, -0.05) is 0 Å². The van der Waals surface area contributed by atoms with Gasteiger partial charge >= 0.3 is 0 Å². The monoisotopic (exact) mass is 203 g/mol. The Morgan fingerprint density at radius 2 is 2.38 bits per heavy atom. The molecule has 1 fully saturated rings. The van der Waals surface area contributed by atoms with E-state index in [-0.39, 0.29) is 5.60 Å². The van der Waals surface area contributed by atoms with Crippen molar-refractivity contribution >= 4 is 11.8 Å². The number of hydrogen-bond acceptors (Lipinski definition) is 3. The molecule has 0 aromatic carbocycles. The van der Waals surface area contributed by atoms with E-state index in [1.165, 1.54) is 24.3 Å². The third-order valence-electron chi connectivity index (χ3n) is 3.13. The smallest absolute Gasteiger partial charge is 0.0698 e. The van der Waals surface area contributed by atoms with Crippen LogP contribution in [0.5, 0.6) is 0 Å². The van der Waals surface area contributed by atoms with Crippen LogP contribution in [0.15, 0.2) is 0 Å². The second-order valence-electron chi connectivity index (χ2n) is 3.97. The molecule has 2 nitrogen and oxygen atoms in total. The maximum absolute atomic E-state index is 5.62. The first-order valence-corrected chi connectivity index (χ1v) is 6.21. The number of rotatable bonds is 4. The molecule has 0 aliphatic carbocycles. The molecular weight excluding hydrogens is 182 g/mol. The Labute approximate surface area is 85.6 Å². The van der Waals surface area contributed by atoms with Gasteiger partial charge in [0, 0.05) is 7.11 Å². The lowest BCUT2D eigenvalue weighted by atomic mass is 9.84. The fourth-order valence-electron chi connectivity index (χ4n) is 1.98. The summed E-state index contributed by atoms with van der Waals surface area (Å²) in [6, 6.07) is 0. The molecule has 1 heterocycles. The van der Waals surface area contributed by atoms with E-state index in [4.69, 9.17) is 10.5 Å². The maximum Gasteiger partial charge on any atom is 0.0698 e. The van der Waals surface area contributed by atoms with Crippen LogP contribution in [-0.2, 0) is 4.74 Å². The number of methoxy groups -OCH3 is 1. The van der Waals surface area contributed by atoms with Crippen molar-refractivity contribution in [2.75, 3.05) is 25.2 Å². The van der Waals surface area contributed by atoms with Crippen LogP contribution in [0.25, 0.3) is 0 Å². The number of hydrogen-bond donors (Lipinski definition) is 1. The molecule has 0 bridgehead atoms. The van der Waals surface area contributed by atoms with Crippen LogP contribution >= 0.6 is 11.8 Å². The van der Waals surface area contributed by atoms with E-state index in [2.05, 4.69) is 18.7 Å². The van der Waals surface area contributed by atoms with Crippen LogP contribution in [0, 0.1) is 5.92 Å². The molecule has 1 aliphatic rings. The third kappa shape index (κ3) is 2.86. The topological polar surface area (TPSA) is 35.2 Å². The molecule has 3 heteroatoms. The standard InChI is InChI=1S/C10H21NOS/c1-10(12-2,5-6-11)9-4-3-7-13-8-9/h9H,3-8,11H2,1-2H3. The van der Waals surface area contributed by atoms with Crippen molar-refractivity contribution in [3.8, 4) is 0 Å². The first kappa shape index (κ1) is 11.3. The van der Waals surface area contributed by atoms with Crippen molar-refractivity contribution in [3.05, 3.63) is 0 Å². The molecule has 2 unspecified atom stereocenters. The zero-order valence-electron chi connectivity index (χ0n) is 8.71. The van der Waals surface area contributed by atoms with Gasteiger partial charge < -0.3 is 10.5 Å². The molecule has 1 rings (SSSR count). The molecular formula is C10H21NOS. The van der Waals surface area contributed by atoms with Gasteiger partial charge in [-0.2, -0.15) is 11.8 Å². The quantitative estimate of drug-likeness (QED) is 0.758. The molecule has 0 spiro atoms. The van der Waals surface area contributed by atoms with E-state index < -0.39 is 0 Å². The molecule has 0 saturated carbocycles. The second-order valence-corrected chi connectivity index (χ2v) is 5.12. The molecule has 13 heavy (non-hydrogen) atoms. The minimum atomic E-state index is 0.0160. The van der Waals surface area contributed by atoms with Crippen LogP contribution in [0.1, 0.15) is 26.2 Å². The normalized spacial score (nSPS) is 28.4. The van der Waals surface area contributed by atoms with E-state index in [1.54, 1.807) is 0 Å². The Hall–Kier alpha value is 0.270. The molecule has 0 amide bonds. The zero-order chi connectivity index (χ0) is 9.73. The Kier molecular flexibility index (Phi) is 4.56. The summed E-state index contributed by atoms with van der Waals surface area (Å²) in [6.45, 7) is 2.93. The van der Waals surface area contributed by atoms with Crippen molar-refractivity contribution in [2.24, 2.45) is 11.7 Å². The Bertz CT molecular complexity index is 148. The van der Waals surface area contributed by atoms with E-state index in [1.807, 2.05) is 7.11 Å². The van der Waals surface area contributed by atoms with Crippen molar-refractivity contribution in [1.82, 2.24) is 0 Å². The summed E-state index contributed by atoms with van der Waals surface area (Å²) in [5.41, 5.74) is 5.63. The van der Waals surface area contributed by atoms with Gasteiger partial charge in [0.25, 0.3) is 0 Å². The number of nitrogens with two attached hydrogens (primary N) is 1. The minimum Gasteiger partial charge on any atom is -0.378 e. The third-order valence-corrected chi connectivity index (χ3v) is 4.35. The summed E-state index contributed by atoms with van der Waals surface area (Å²) in [4.78, 5) is 0. The van der Waals surface area contributed by atoms with Gasteiger partial charge in [-0.15, -0.1) is 0 Å². The van der Waals surface area contributed by atoms with Crippen LogP contribution < -0.4 is 5.73 Å². The molecule has 2 N–H and O–H groups in total. The van der Waals surface area contributed by atoms with Gasteiger partial charge in [0.2, 0.25) is 0 Å². The molecule has 1 saturated heterocycles. The highest BCUT2D eigenvalue weighted by Gasteiger charge is 2.34. The van der Waals surface area contributed by atoms with Crippen LogP contribution in [0.3, 0.4) is 0 Å². The van der Waals surface area contributed by atoms with Crippen LogP contribution in [0.4, 0.5) is 0 Å². The lowest BCUT2D eigenvalue weighted by Crippen LogP contribution is -2.41. The summed E-state index contributed by atoms with van der Waals surface area (Å²) in [5, 5.41) is 0. The SMILES string of the molecule is COC(C)(CCN)C1CCCSC1. The van der Waals surface area contributed by atoms with Crippen molar-refractivity contribution in [3.63, 3.8) is 0 Å². The molecule has 2 atom stereocenters. The fourth-order valence-corrected chi connectivity index (χ4v) is 3.32. The second kappa shape index (κ2) is 5.23. The predicted molar refractivity (Wildman–Crippen MR) is 59.1 cm³/mol. The van der Waals surface area contributed by atoms with Crippen molar-refractivity contribution in [2.45, 2.75) is 31.8 Å². The molecule has 78 valence electrons. The van der Waals surface area contributed by atoms with Gasteiger partial charge in [-0.05, 0) is 50.2 Å². The average Bonchev–Trinajstić information content (AvgIpc) is 2.19. The van der Waals surface area contributed by atoms with Crippen LogP contribution in [0.2, 0.25) is 0 Å². The average molecular weight is 203 g/mol. The maximum atomic E-state index is 5.62. The van der Waals surface area contributed by atoms with Gasteiger partial charge in [-0.3, -0.25) is 0 Å². The van der Waals surface area contributed by atoms with Gasteiger partial charge in [0.15, 0.2) is 0 Å². The minimum absolute atomic E-state index is 0.0160. The predicted octanol–water partition coefficient (Wildman–Crippen LogP) is 1.88. The van der Waals surface area contributed by atoms with Gasteiger partial charge in [0.05, 0.1) is 5.60 Å². The highest BCUT2D eigenvalue weighted by molar-refractivity contribution is 7.99. The lowest BCUT2D eigenvalue weighted by Gasteiger charge is -2.38. The first-order valence-electron chi connectivity index (χ1n) is 5.06. The van der Waals surface area contributed by atoms with Gasteiger partial charge in [-0.25, -0.2) is 0 Å². The van der Waals surface area contributed by atoms with Crippen molar-refractivity contribution in [1.29, 1.82) is 0 Å². The Balaban J connectivity index is 2.51. The first-order chi connectivity index (χ1) is 6.23. The van der Waals surface area contributed by atoms with E-state index in [9.17, 15) is 0 Å². The highest BCUT2D eigenvalue weighted by Crippen LogP contribution is 2.35. The highest BCUT2D eigenvalue weighted by atomic mass is 32.2. The number of thioether (sulfide) groups is 1. The Morgan fingerprint density at radius 1 is 1.62 bits per heavy atom. The Morgan fingerprint density at radius 3 is 2.85 bits per heavy atom. The molecule has 0 aromatic heterocycles. The lowest BCUT2D eigenvalue weighted by molar-refractivity contribution is -0.0440. The van der Waals surface area contributed by atoms with E-state index in [0.717, 1.165) is 13.0 Å². The van der Waals surface area contributed by atoms with Crippen molar-refractivity contribution < 1.29 is 4.74 Å². The van der Waals surface area contributed by atoms with Gasteiger partial charge in [0.1, 0.15) is 0 Å². The van der Waals surface area contributed by atoms with Crippen LogP contribution in [-0.4, -0.2) is 30.8 Å².